The molecule has 2 amide bonds. The van der Waals surface area contributed by atoms with Crippen LogP contribution in [-0.2, 0) is 0 Å². The molecule has 25 heavy (non-hydrogen) atoms. The van der Waals surface area contributed by atoms with Crippen molar-refractivity contribution in [2.75, 3.05) is 5.32 Å². The van der Waals surface area contributed by atoms with Crippen LogP contribution >= 0.6 is 0 Å². The highest BCUT2D eigenvalue weighted by molar-refractivity contribution is 5.90. The van der Waals surface area contributed by atoms with Gasteiger partial charge in [-0.05, 0) is 25.5 Å². The van der Waals surface area contributed by atoms with E-state index in [1.54, 1.807) is 12.2 Å². The summed E-state index contributed by atoms with van der Waals surface area (Å²) in [7, 11) is 0. The summed E-state index contributed by atoms with van der Waals surface area (Å²) in [5.41, 5.74) is -5.77. The fraction of sp³-hybridized carbons (Fsp3) is 0.462. The fourth-order valence-corrected chi connectivity index (χ4v) is 1.97. The molecular weight excluding hydrogens is 371 g/mol. The van der Waals surface area contributed by atoms with Gasteiger partial charge in [0.2, 0.25) is 0 Å². The first kappa shape index (κ1) is 20.9. The zero-order valence-corrected chi connectivity index (χ0v) is 12.5. The summed E-state index contributed by atoms with van der Waals surface area (Å²) in [4.78, 5) is 11.5. The number of carbonyl (C=O) groups excluding carboxylic acids is 1. The number of aryl methyl sites for hydroxylation is 2. The lowest BCUT2D eigenvalue weighted by Crippen LogP contribution is -2.75. The first-order chi connectivity index (χ1) is 11.0. The quantitative estimate of drug-likeness (QED) is 0.706. The highest BCUT2D eigenvalue weighted by Gasteiger charge is 2.84. The third kappa shape index (κ3) is 3.93. The number of carbonyl (C=O) groups is 1. The number of hydrogen-bond acceptors (Lipinski definition) is 1. The standard InChI is InChI=1S/C13H11F9N2O/c1-6-3-4-8(7(2)5-6)23-9(25)24-10(11(14,15)16,12(17,18)19)13(20,21)22/h3-5H,1-2H3,(H2,23,24,25). The molecule has 0 saturated carbocycles. The molecule has 2 N–H and O–H groups in total. The van der Waals surface area contributed by atoms with E-state index in [2.05, 4.69) is 0 Å². The first-order valence-corrected chi connectivity index (χ1v) is 6.39. The summed E-state index contributed by atoms with van der Waals surface area (Å²) in [6.07, 6.45) is -20.6. The Morgan fingerprint density at radius 3 is 1.64 bits per heavy atom. The van der Waals surface area contributed by atoms with E-state index in [1.165, 1.54) is 19.1 Å². The summed E-state index contributed by atoms with van der Waals surface area (Å²) < 4.78 is 114. The summed E-state index contributed by atoms with van der Waals surface area (Å²) in [5, 5.41) is 1.57. The highest BCUT2D eigenvalue weighted by Crippen LogP contribution is 2.52. The zero-order chi connectivity index (χ0) is 19.8. The van der Waals surface area contributed by atoms with Gasteiger partial charge in [-0.15, -0.1) is 0 Å². The predicted octanol–water partition coefficient (Wildman–Crippen LogP) is 4.85. The van der Waals surface area contributed by atoms with Crippen LogP contribution in [0.3, 0.4) is 0 Å². The van der Waals surface area contributed by atoms with Crippen LogP contribution in [0.5, 0.6) is 0 Å². The van der Waals surface area contributed by atoms with Crippen molar-refractivity contribution in [3.63, 3.8) is 0 Å². The van der Waals surface area contributed by atoms with Crippen LogP contribution < -0.4 is 10.6 Å². The van der Waals surface area contributed by atoms with Crippen molar-refractivity contribution < 1.29 is 44.3 Å². The van der Waals surface area contributed by atoms with Crippen molar-refractivity contribution in [3.05, 3.63) is 29.3 Å². The highest BCUT2D eigenvalue weighted by atomic mass is 19.4. The van der Waals surface area contributed by atoms with Crippen LogP contribution in [0.15, 0.2) is 18.2 Å². The van der Waals surface area contributed by atoms with Crippen LogP contribution in [0.25, 0.3) is 0 Å². The van der Waals surface area contributed by atoms with Crippen LogP contribution in [-0.4, -0.2) is 30.1 Å². The second-order valence-electron chi connectivity index (χ2n) is 5.14. The molecule has 0 aliphatic carbocycles. The van der Waals surface area contributed by atoms with Gasteiger partial charge in [0, 0.05) is 5.69 Å². The van der Waals surface area contributed by atoms with E-state index in [0.717, 1.165) is 6.07 Å². The third-order valence-corrected chi connectivity index (χ3v) is 3.21. The van der Waals surface area contributed by atoms with Crippen LogP contribution in [0.1, 0.15) is 11.1 Å². The normalized spacial score (nSPS) is 13.6. The van der Waals surface area contributed by atoms with Gasteiger partial charge in [-0.3, -0.25) is 0 Å². The Labute approximate surface area is 135 Å². The van der Waals surface area contributed by atoms with Crippen molar-refractivity contribution >= 4 is 11.7 Å². The molecule has 1 aromatic rings. The second-order valence-corrected chi connectivity index (χ2v) is 5.14. The molecule has 142 valence electrons. The average molecular weight is 382 g/mol. The van der Waals surface area contributed by atoms with E-state index in [0.29, 0.717) is 5.56 Å². The molecule has 0 fully saturated rings. The lowest BCUT2D eigenvalue weighted by atomic mass is 9.97. The minimum absolute atomic E-state index is 0.0157. The Bertz CT molecular complexity index is 610. The Balaban J connectivity index is 3.28. The van der Waals surface area contributed by atoms with Crippen LogP contribution in [0.4, 0.5) is 50.0 Å². The smallest absolute Gasteiger partial charge is 0.308 e. The van der Waals surface area contributed by atoms with E-state index in [9.17, 15) is 44.3 Å². The Morgan fingerprint density at radius 1 is 0.840 bits per heavy atom. The largest absolute Gasteiger partial charge is 0.429 e. The number of benzene rings is 1. The summed E-state index contributed by atoms with van der Waals surface area (Å²) in [6.45, 7) is 2.96. The van der Waals surface area contributed by atoms with Crippen molar-refractivity contribution in [1.29, 1.82) is 0 Å². The molecular formula is C13H11F9N2O. The lowest BCUT2D eigenvalue weighted by Gasteiger charge is -2.38. The SMILES string of the molecule is Cc1ccc(NC(=O)NC(C(F)(F)F)(C(F)(F)F)C(F)(F)F)c(C)c1. The number of rotatable bonds is 2. The lowest BCUT2D eigenvalue weighted by molar-refractivity contribution is -0.386. The number of urea groups is 1. The van der Waals surface area contributed by atoms with Gasteiger partial charge in [-0.25, -0.2) is 4.79 Å². The van der Waals surface area contributed by atoms with Gasteiger partial charge >= 0.3 is 30.1 Å². The van der Waals surface area contributed by atoms with Crippen LogP contribution in [0, 0.1) is 13.8 Å². The average Bonchev–Trinajstić information content (AvgIpc) is 2.34. The maximum absolute atomic E-state index is 12.7. The van der Waals surface area contributed by atoms with Crippen LogP contribution in [0.2, 0.25) is 0 Å². The van der Waals surface area contributed by atoms with Crippen molar-refractivity contribution in [1.82, 2.24) is 5.32 Å². The molecule has 0 radical (unpaired) electrons. The Hall–Kier alpha value is -2.14. The molecule has 0 aliphatic heterocycles. The molecule has 0 spiro atoms. The molecule has 0 heterocycles. The maximum atomic E-state index is 12.7. The molecule has 0 saturated heterocycles. The van der Waals surface area contributed by atoms with Gasteiger partial charge in [0.1, 0.15) is 0 Å². The van der Waals surface area contributed by atoms with E-state index in [-0.39, 0.29) is 16.6 Å². The van der Waals surface area contributed by atoms with Gasteiger partial charge in [0.25, 0.3) is 0 Å². The number of nitrogens with one attached hydrogen (secondary N) is 2. The number of hydrogen-bond donors (Lipinski definition) is 2. The number of halogens is 9. The Kier molecular flexibility index (Phi) is 5.27. The molecule has 1 rings (SSSR count). The number of anilines is 1. The third-order valence-electron chi connectivity index (χ3n) is 3.21. The minimum Gasteiger partial charge on any atom is -0.308 e. The molecule has 0 bridgehead atoms. The molecule has 0 unspecified atom stereocenters. The van der Waals surface area contributed by atoms with Gasteiger partial charge in [-0.1, -0.05) is 17.7 Å². The Morgan fingerprint density at radius 2 is 1.28 bits per heavy atom. The number of amides is 2. The topological polar surface area (TPSA) is 41.1 Å². The van der Waals surface area contributed by atoms with Gasteiger partial charge in [0.15, 0.2) is 0 Å². The summed E-state index contributed by atoms with van der Waals surface area (Å²) in [6, 6.07) is 1.59. The van der Waals surface area contributed by atoms with Crippen molar-refractivity contribution in [3.8, 4) is 0 Å². The van der Waals surface area contributed by atoms with E-state index >= 15 is 0 Å². The molecule has 12 heteroatoms. The van der Waals surface area contributed by atoms with Gasteiger partial charge in [0.05, 0.1) is 0 Å². The summed E-state index contributed by atoms with van der Waals surface area (Å²) in [5.74, 6) is 0. The zero-order valence-electron chi connectivity index (χ0n) is 12.5. The predicted molar refractivity (Wildman–Crippen MR) is 69.0 cm³/mol. The van der Waals surface area contributed by atoms with Gasteiger partial charge in [-0.2, -0.15) is 39.5 Å². The molecule has 1 aromatic carbocycles. The van der Waals surface area contributed by atoms with E-state index < -0.39 is 30.1 Å². The maximum Gasteiger partial charge on any atom is 0.429 e. The fourth-order valence-electron chi connectivity index (χ4n) is 1.97. The van der Waals surface area contributed by atoms with E-state index in [1.807, 2.05) is 0 Å². The van der Waals surface area contributed by atoms with Crippen molar-refractivity contribution in [2.24, 2.45) is 0 Å². The van der Waals surface area contributed by atoms with E-state index in [4.69, 9.17) is 0 Å². The second kappa shape index (κ2) is 6.30. The molecule has 3 nitrogen and oxygen atoms in total. The minimum atomic E-state index is -6.87. The number of alkyl halides is 9. The van der Waals surface area contributed by atoms with Crippen molar-refractivity contribution in [2.45, 2.75) is 37.9 Å². The monoisotopic (exact) mass is 382 g/mol. The van der Waals surface area contributed by atoms with Gasteiger partial charge < -0.3 is 10.6 Å². The summed E-state index contributed by atoms with van der Waals surface area (Å²) >= 11 is 0. The molecule has 0 atom stereocenters. The molecule has 0 aliphatic rings. The first-order valence-electron chi connectivity index (χ1n) is 6.39. The molecule has 0 aromatic heterocycles.